The highest BCUT2D eigenvalue weighted by Crippen LogP contribution is 2.28. The molecule has 0 amide bonds. The Morgan fingerprint density at radius 3 is 2.15 bits per heavy atom. The molecule has 0 aliphatic heterocycles. The van der Waals surface area contributed by atoms with Crippen molar-refractivity contribution in [3.05, 3.63) is 23.9 Å². The first-order chi connectivity index (χ1) is 5.79. The van der Waals surface area contributed by atoms with Crippen LogP contribution >= 0.6 is 0 Å². The molecule has 0 fully saturated rings. The second-order valence-electron chi connectivity index (χ2n) is 2.47. The van der Waals surface area contributed by atoms with Crippen LogP contribution in [0.5, 0.6) is 0 Å². The Morgan fingerprint density at radius 1 is 1.46 bits per heavy atom. The Bertz CT molecular complexity index is 251. The molecule has 2 nitrogen and oxygen atoms in total. The van der Waals surface area contributed by atoms with Gasteiger partial charge in [-0.1, -0.05) is 6.58 Å². The van der Waals surface area contributed by atoms with E-state index in [4.69, 9.17) is 5.41 Å². The van der Waals surface area contributed by atoms with Gasteiger partial charge in [-0.3, -0.25) is 0 Å². The first-order valence-corrected chi connectivity index (χ1v) is 3.50. The fourth-order valence-corrected chi connectivity index (χ4v) is 0.679. The third kappa shape index (κ3) is 3.78. The summed E-state index contributed by atoms with van der Waals surface area (Å²) in [6.45, 7) is 4.29. The molecule has 5 heteroatoms. The fourth-order valence-electron chi connectivity index (χ4n) is 0.679. The quantitative estimate of drug-likeness (QED) is 0.522. The molecule has 2 N–H and O–H groups in total. The zero-order valence-electron chi connectivity index (χ0n) is 7.42. The molecule has 0 heterocycles. The van der Waals surface area contributed by atoms with Crippen molar-refractivity contribution in [2.24, 2.45) is 0 Å². The molecule has 0 aromatic carbocycles. The van der Waals surface area contributed by atoms with Crippen molar-refractivity contribution < 1.29 is 13.2 Å². The van der Waals surface area contributed by atoms with Gasteiger partial charge < -0.3 is 10.7 Å². The molecule has 0 bridgehead atoms. The van der Waals surface area contributed by atoms with Gasteiger partial charge in [0.25, 0.3) is 0 Å². The van der Waals surface area contributed by atoms with Crippen LogP contribution in [0.2, 0.25) is 0 Å². The van der Waals surface area contributed by atoms with Crippen LogP contribution in [-0.4, -0.2) is 18.9 Å². The van der Waals surface area contributed by atoms with E-state index >= 15 is 0 Å². The van der Waals surface area contributed by atoms with E-state index < -0.39 is 11.7 Å². The lowest BCUT2D eigenvalue weighted by Gasteiger charge is -2.13. The predicted octanol–water partition coefficient (Wildman–Crippen LogP) is 2.25. The topological polar surface area (TPSA) is 35.9 Å². The maximum atomic E-state index is 12.1. The van der Waals surface area contributed by atoms with Crippen molar-refractivity contribution in [1.82, 2.24) is 5.32 Å². The Hall–Kier alpha value is -1.26. The van der Waals surface area contributed by atoms with Gasteiger partial charge in [-0.15, -0.1) is 0 Å². The summed E-state index contributed by atoms with van der Waals surface area (Å²) in [5.74, 6) is 0. The number of alkyl halides is 3. The van der Waals surface area contributed by atoms with E-state index in [2.05, 4.69) is 11.9 Å². The maximum absolute atomic E-state index is 12.1. The standard InChI is InChI=1S/C8H11F3N2/c1-5(12)4-7(13-3)6(2)8(9,10)11/h4,12-13H,2H2,1,3H3/b7-4-,12-5?. The molecule has 74 valence electrons. The van der Waals surface area contributed by atoms with E-state index in [-0.39, 0.29) is 11.4 Å². The van der Waals surface area contributed by atoms with Gasteiger partial charge in [0.15, 0.2) is 0 Å². The minimum Gasteiger partial charge on any atom is -0.388 e. The number of hydrogen-bond acceptors (Lipinski definition) is 2. The molecule has 0 radical (unpaired) electrons. The summed E-state index contributed by atoms with van der Waals surface area (Å²) in [6.07, 6.45) is -3.37. The molecule has 0 atom stereocenters. The van der Waals surface area contributed by atoms with E-state index in [1.807, 2.05) is 0 Å². The Labute approximate surface area is 74.6 Å². The molecule has 0 rings (SSSR count). The SMILES string of the molecule is C=C(/C(=C/C(C)=N)NC)C(F)(F)F. The van der Waals surface area contributed by atoms with Crippen molar-refractivity contribution in [2.45, 2.75) is 13.1 Å². The fraction of sp³-hybridized carbons (Fsp3) is 0.375. The molecule has 0 aromatic heterocycles. The van der Waals surface area contributed by atoms with Crippen molar-refractivity contribution in [2.75, 3.05) is 7.05 Å². The van der Waals surface area contributed by atoms with Crippen molar-refractivity contribution in [3.8, 4) is 0 Å². The summed E-state index contributed by atoms with van der Waals surface area (Å²) < 4.78 is 36.3. The second-order valence-corrected chi connectivity index (χ2v) is 2.47. The molecule has 0 saturated carbocycles. The highest BCUT2D eigenvalue weighted by molar-refractivity contribution is 5.91. The third-order valence-corrected chi connectivity index (χ3v) is 1.30. The summed E-state index contributed by atoms with van der Waals surface area (Å²) in [7, 11) is 1.35. The van der Waals surface area contributed by atoms with Crippen LogP contribution in [0.1, 0.15) is 6.92 Å². The van der Waals surface area contributed by atoms with Gasteiger partial charge in [-0.2, -0.15) is 13.2 Å². The molecule has 0 aliphatic carbocycles. The average molecular weight is 192 g/mol. The molecule has 0 saturated heterocycles. The maximum Gasteiger partial charge on any atom is 0.417 e. The van der Waals surface area contributed by atoms with Crippen molar-refractivity contribution in [1.29, 1.82) is 5.41 Å². The third-order valence-electron chi connectivity index (χ3n) is 1.30. The molecule has 0 unspecified atom stereocenters. The summed E-state index contributed by atoms with van der Waals surface area (Å²) >= 11 is 0. The first kappa shape index (κ1) is 11.7. The van der Waals surface area contributed by atoms with E-state index in [1.54, 1.807) is 0 Å². The zero-order valence-corrected chi connectivity index (χ0v) is 7.42. The number of nitrogens with one attached hydrogen (secondary N) is 2. The lowest BCUT2D eigenvalue weighted by molar-refractivity contribution is -0.0893. The smallest absolute Gasteiger partial charge is 0.388 e. The lowest BCUT2D eigenvalue weighted by Crippen LogP contribution is -2.20. The van der Waals surface area contributed by atoms with E-state index in [9.17, 15) is 13.2 Å². The molecule has 0 aromatic rings. The van der Waals surface area contributed by atoms with Crippen molar-refractivity contribution in [3.63, 3.8) is 0 Å². The number of likely N-dealkylation sites (N-methyl/N-ethyl adjacent to an activating group) is 1. The van der Waals surface area contributed by atoms with Crippen LogP contribution < -0.4 is 5.32 Å². The van der Waals surface area contributed by atoms with Gasteiger partial charge in [-0.25, -0.2) is 0 Å². The Balaban J connectivity index is 4.81. The number of allylic oxidation sites excluding steroid dienone is 2. The Morgan fingerprint density at radius 2 is 1.92 bits per heavy atom. The summed E-state index contributed by atoms with van der Waals surface area (Å²) in [4.78, 5) is 0. The monoisotopic (exact) mass is 192 g/mol. The summed E-state index contributed by atoms with van der Waals surface area (Å²) in [5, 5.41) is 9.34. The van der Waals surface area contributed by atoms with Crippen LogP contribution in [0.25, 0.3) is 0 Å². The molecule has 0 spiro atoms. The Kier molecular flexibility index (Phi) is 3.71. The molecule has 0 aliphatic rings. The van der Waals surface area contributed by atoms with E-state index in [1.165, 1.54) is 14.0 Å². The molecular formula is C8H11F3N2. The predicted molar refractivity (Wildman–Crippen MR) is 45.7 cm³/mol. The number of rotatable bonds is 3. The first-order valence-electron chi connectivity index (χ1n) is 3.50. The van der Waals surface area contributed by atoms with Gasteiger partial charge in [-0.05, 0) is 13.0 Å². The highest BCUT2D eigenvalue weighted by Gasteiger charge is 2.33. The largest absolute Gasteiger partial charge is 0.417 e. The average Bonchev–Trinajstić information content (AvgIpc) is 1.96. The van der Waals surface area contributed by atoms with E-state index in [0.717, 1.165) is 6.08 Å². The second kappa shape index (κ2) is 4.11. The van der Waals surface area contributed by atoms with Crippen LogP contribution in [0.3, 0.4) is 0 Å². The van der Waals surface area contributed by atoms with Crippen molar-refractivity contribution >= 4 is 5.71 Å². The van der Waals surface area contributed by atoms with Crippen LogP contribution in [-0.2, 0) is 0 Å². The van der Waals surface area contributed by atoms with Gasteiger partial charge in [0, 0.05) is 18.5 Å². The number of halogens is 3. The van der Waals surface area contributed by atoms with E-state index in [0.29, 0.717) is 0 Å². The normalized spacial score (nSPS) is 12.5. The number of hydrogen-bond donors (Lipinski definition) is 2. The summed E-state index contributed by atoms with van der Waals surface area (Å²) in [5.41, 5.74) is -1.11. The van der Waals surface area contributed by atoms with Gasteiger partial charge in [0.05, 0.1) is 5.57 Å². The minimum absolute atomic E-state index is 0.0368. The summed E-state index contributed by atoms with van der Waals surface area (Å²) in [6, 6.07) is 0. The van der Waals surface area contributed by atoms with Crippen LogP contribution in [0.15, 0.2) is 23.9 Å². The zero-order chi connectivity index (χ0) is 10.6. The van der Waals surface area contributed by atoms with Crippen LogP contribution in [0.4, 0.5) is 13.2 Å². The molecular weight excluding hydrogens is 181 g/mol. The van der Waals surface area contributed by atoms with Gasteiger partial charge in [0.1, 0.15) is 0 Å². The van der Waals surface area contributed by atoms with Crippen LogP contribution in [0, 0.1) is 5.41 Å². The highest BCUT2D eigenvalue weighted by atomic mass is 19.4. The molecule has 13 heavy (non-hydrogen) atoms. The van der Waals surface area contributed by atoms with Gasteiger partial charge >= 0.3 is 6.18 Å². The van der Waals surface area contributed by atoms with Gasteiger partial charge in [0.2, 0.25) is 0 Å². The minimum atomic E-state index is -4.45. The lowest BCUT2D eigenvalue weighted by atomic mass is 10.2.